The Kier molecular flexibility index (Phi) is 3.09. The molecule has 0 aromatic carbocycles. The molecule has 7 nitrogen and oxygen atoms in total. The highest BCUT2D eigenvalue weighted by Crippen LogP contribution is 2.36. The van der Waals surface area contributed by atoms with E-state index in [0.717, 1.165) is 25.7 Å². The van der Waals surface area contributed by atoms with E-state index in [0.29, 0.717) is 5.82 Å². The smallest absolute Gasteiger partial charge is 0.341 e. The van der Waals surface area contributed by atoms with E-state index in [2.05, 4.69) is 10.7 Å². The minimum Gasteiger partial charge on any atom is -0.462 e. The Labute approximate surface area is 121 Å². The summed E-state index contributed by atoms with van der Waals surface area (Å²) in [5, 5.41) is 12.3. The zero-order valence-corrected chi connectivity index (χ0v) is 11.7. The molecule has 0 unspecified atom stereocenters. The third kappa shape index (κ3) is 2.03. The number of nitrogens with zero attached hydrogens (tertiary/aromatic N) is 2. The zero-order valence-electron chi connectivity index (χ0n) is 11.7. The molecule has 2 heterocycles. The van der Waals surface area contributed by atoms with Crippen LogP contribution in [0.3, 0.4) is 0 Å². The van der Waals surface area contributed by atoms with E-state index < -0.39 is 17.2 Å². The van der Waals surface area contributed by atoms with Crippen molar-refractivity contribution in [1.29, 1.82) is 5.26 Å². The molecule has 1 fully saturated rings. The lowest BCUT2D eigenvalue weighted by atomic mass is 10.1. The number of carbonyl (C=O) groups excluding carboxylic acids is 1. The van der Waals surface area contributed by atoms with Gasteiger partial charge in [-0.3, -0.25) is 10.2 Å². The minimum absolute atomic E-state index is 0.0776. The van der Waals surface area contributed by atoms with Crippen LogP contribution in [0.4, 0.5) is 5.82 Å². The number of fused-ring (bicyclic) bond motifs is 1. The molecule has 1 saturated carbocycles. The molecule has 1 aliphatic heterocycles. The molecule has 0 bridgehead atoms. The average molecular weight is 288 g/mol. The minimum atomic E-state index is -0.540. The molecule has 7 heteroatoms. The molecule has 1 aromatic rings. The molecule has 110 valence electrons. The molecular formula is C14H16N4O3. The molecule has 2 aliphatic rings. The summed E-state index contributed by atoms with van der Waals surface area (Å²) in [5.41, 5.74) is 2.41. The lowest BCUT2D eigenvalue weighted by molar-refractivity contribution is 0.0527. The first-order chi connectivity index (χ1) is 10.1. The molecule has 0 amide bonds. The largest absolute Gasteiger partial charge is 0.462 e. The lowest BCUT2D eigenvalue weighted by Crippen LogP contribution is -2.42. The summed E-state index contributed by atoms with van der Waals surface area (Å²) in [7, 11) is 0. The Morgan fingerprint density at radius 2 is 2.24 bits per heavy atom. The Morgan fingerprint density at radius 3 is 2.86 bits per heavy atom. The van der Waals surface area contributed by atoms with Crippen molar-refractivity contribution in [2.45, 2.75) is 38.3 Å². The summed E-state index contributed by atoms with van der Waals surface area (Å²) < 4.78 is 6.29. The first-order valence-corrected chi connectivity index (χ1v) is 7.04. The van der Waals surface area contributed by atoms with Crippen LogP contribution in [0.15, 0.2) is 10.9 Å². The second-order valence-electron chi connectivity index (χ2n) is 5.32. The summed E-state index contributed by atoms with van der Waals surface area (Å²) in [5.74, 6) is -0.151. The van der Waals surface area contributed by atoms with Gasteiger partial charge in [-0.05, 0) is 38.7 Å². The molecule has 0 radical (unpaired) electrons. The van der Waals surface area contributed by atoms with E-state index in [1.807, 2.05) is 6.07 Å². The van der Waals surface area contributed by atoms with E-state index in [4.69, 9.17) is 10.00 Å². The van der Waals surface area contributed by atoms with E-state index in [1.165, 1.54) is 10.7 Å². The topological polar surface area (TPSA) is 96.2 Å². The van der Waals surface area contributed by atoms with Crippen molar-refractivity contribution in [1.82, 2.24) is 4.68 Å². The number of nitriles is 1. The van der Waals surface area contributed by atoms with Gasteiger partial charge in [0.25, 0.3) is 5.56 Å². The number of esters is 1. The van der Waals surface area contributed by atoms with Gasteiger partial charge in [-0.25, -0.2) is 9.47 Å². The van der Waals surface area contributed by atoms with Crippen LogP contribution in [0.2, 0.25) is 0 Å². The van der Waals surface area contributed by atoms with E-state index >= 15 is 0 Å². The number of hydrogen-bond acceptors (Lipinski definition) is 6. The standard InChI is InChI=1S/C14H16N4O3/c1-2-21-13(20)10-7-9(8-15)12(19)18-11(10)16-14(17-18)5-3-4-6-14/h7,16-17H,2-6H2,1H3. The van der Waals surface area contributed by atoms with Gasteiger partial charge in [0.2, 0.25) is 0 Å². The van der Waals surface area contributed by atoms with Crippen LogP contribution < -0.4 is 16.3 Å². The van der Waals surface area contributed by atoms with Gasteiger partial charge in [-0.15, -0.1) is 0 Å². The third-order valence-electron chi connectivity index (χ3n) is 3.96. The molecule has 1 aromatic heterocycles. The SMILES string of the molecule is CCOC(=O)c1cc(C#N)c(=O)n2c1NC1(CCCC1)N2. The summed E-state index contributed by atoms with van der Waals surface area (Å²) in [6, 6.07) is 3.13. The van der Waals surface area contributed by atoms with E-state index in [-0.39, 0.29) is 17.7 Å². The van der Waals surface area contributed by atoms with Crippen LogP contribution in [-0.4, -0.2) is 22.9 Å². The van der Waals surface area contributed by atoms with E-state index in [9.17, 15) is 9.59 Å². The number of nitrogens with one attached hydrogen (secondary N) is 2. The van der Waals surface area contributed by atoms with Crippen LogP contribution in [0.25, 0.3) is 0 Å². The molecule has 1 aliphatic carbocycles. The maximum atomic E-state index is 12.3. The fourth-order valence-electron chi connectivity index (χ4n) is 2.98. The van der Waals surface area contributed by atoms with Crippen molar-refractivity contribution in [2.75, 3.05) is 17.3 Å². The molecule has 1 spiro atoms. The molecular weight excluding hydrogens is 272 g/mol. The highest BCUT2D eigenvalue weighted by molar-refractivity contribution is 5.95. The van der Waals surface area contributed by atoms with Gasteiger partial charge in [0.1, 0.15) is 28.7 Å². The maximum Gasteiger partial charge on any atom is 0.341 e. The fourth-order valence-corrected chi connectivity index (χ4v) is 2.98. The van der Waals surface area contributed by atoms with Gasteiger partial charge in [-0.2, -0.15) is 5.26 Å². The average Bonchev–Trinajstić information content (AvgIpc) is 3.07. The summed E-state index contributed by atoms with van der Waals surface area (Å²) in [6.07, 6.45) is 3.81. The molecule has 21 heavy (non-hydrogen) atoms. The predicted octanol–water partition coefficient (Wildman–Crippen LogP) is 1.14. The first kappa shape index (κ1) is 13.5. The quantitative estimate of drug-likeness (QED) is 0.792. The number of hydrogen-bond donors (Lipinski definition) is 2. The summed E-state index contributed by atoms with van der Waals surface area (Å²) in [6.45, 7) is 1.94. The second-order valence-corrected chi connectivity index (χ2v) is 5.32. The summed E-state index contributed by atoms with van der Waals surface area (Å²) in [4.78, 5) is 24.3. The highest BCUT2D eigenvalue weighted by Gasteiger charge is 2.41. The van der Waals surface area contributed by atoms with Gasteiger partial charge in [0.05, 0.1) is 6.61 Å². The Morgan fingerprint density at radius 1 is 1.52 bits per heavy atom. The van der Waals surface area contributed by atoms with Crippen LogP contribution in [-0.2, 0) is 4.74 Å². The Bertz CT molecular complexity index is 695. The van der Waals surface area contributed by atoms with Crippen LogP contribution in [0, 0.1) is 11.3 Å². The molecule has 2 N–H and O–H groups in total. The fraction of sp³-hybridized carbons (Fsp3) is 0.500. The third-order valence-corrected chi connectivity index (χ3v) is 3.96. The van der Waals surface area contributed by atoms with Gasteiger partial charge < -0.3 is 10.1 Å². The van der Waals surface area contributed by atoms with Crippen LogP contribution >= 0.6 is 0 Å². The maximum absolute atomic E-state index is 12.3. The van der Waals surface area contributed by atoms with Gasteiger partial charge in [-0.1, -0.05) is 0 Å². The van der Waals surface area contributed by atoms with Crippen LogP contribution in [0.5, 0.6) is 0 Å². The number of rotatable bonds is 2. The van der Waals surface area contributed by atoms with Crippen LogP contribution in [0.1, 0.15) is 48.5 Å². The highest BCUT2D eigenvalue weighted by atomic mass is 16.5. The molecule has 0 atom stereocenters. The van der Waals surface area contributed by atoms with Crippen molar-refractivity contribution in [3.8, 4) is 6.07 Å². The number of aromatic nitrogens is 1. The van der Waals surface area contributed by atoms with E-state index in [1.54, 1.807) is 6.92 Å². The first-order valence-electron chi connectivity index (χ1n) is 7.04. The normalized spacial score (nSPS) is 17.7. The van der Waals surface area contributed by atoms with Gasteiger partial charge >= 0.3 is 5.97 Å². The van der Waals surface area contributed by atoms with Gasteiger partial charge in [0.15, 0.2) is 0 Å². The number of ether oxygens (including phenoxy) is 1. The lowest BCUT2D eigenvalue weighted by Gasteiger charge is -2.23. The number of carbonyl (C=O) groups is 1. The van der Waals surface area contributed by atoms with Crippen molar-refractivity contribution < 1.29 is 9.53 Å². The summed E-state index contributed by atoms with van der Waals surface area (Å²) >= 11 is 0. The van der Waals surface area contributed by atoms with Crippen molar-refractivity contribution in [3.63, 3.8) is 0 Å². The number of anilines is 1. The number of pyridine rings is 1. The van der Waals surface area contributed by atoms with Crippen molar-refractivity contribution in [3.05, 3.63) is 27.5 Å². The second kappa shape index (κ2) is 4.81. The Balaban J connectivity index is 2.12. The van der Waals surface area contributed by atoms with Gasteiger partial charge in [0, 0.05) is 0 Å². The van der Waals surface area contributed by atoms with Crippen molar-refractivity contribution in [2.24, 2.45) is 0 Å². The monoisotopic (exact) mass is 288 g/mol. The molecule has 3 rings (SSSR count). The zero-order chi connectivity index (χ0) is 15.0. The Hall–Kier alpha value is -2.49. The molecule has 0 saturated heterocycles. The van der Waals surface area contributed by atoms with Crippen molar-refractivity contribution >= 4 is 11.8 Å². The predicted molar refractivity (Wildman–Crippen MR) is 75.6 cm³/mol.